The van der Waals surface area contributed by atoms with Crippen LogP contribution in [0.3, 0.4) is 0 Å². The zero-order chi connectivity index (χ0) is 29.3. The Morgan fingerprint density at radius 1 is 1.00 bits per heavy atom. The van der Waals surface area contributed by atoms with Gasteiger partial charge in [0.05, 0.1) is 0 Å². The monoisotopic (exact) mass is 549 g/mol. The van der Waals surface area contributed by atoms with Crippen LogP contribution in [0.4, 0.5) is 4.79 Å². The number of benzene rings is 1. The lowest BCUT2D eigenvalue weighted by Crippen LogP contribution is -2.57. The van der Waals surface area contributed by atoms with E-state index in [0.29, 0.717) is 18.1 Å². The zero-order valence-electron chi connectivity index (χ0n) is 25.4. The largest absolute Gasteiger partial charge is 0.444 e. The molecule has 1 rings (SSSR count). The molecule has 0 aliphatic carbocycles. The number of rotatable bonds is 12. The Morgan fingerprint density at radius 2 is 1.63 bits per heavy atom. The molecule has 0 heterocycles. The number of amides is 3. The molecule has 0 saturated heterocycles. The van der Waals surface area contributed by atoms with Crippen LogP contribution in [0.15, 0.2) is 24.3 Å². The summed E-state index contributed by atoms with van der Waals surface area (Å²) in [7, 11) is 0. The predicted octanol–water partition coefficient (Wildman–Crippen LogP) is 6.25. The standard InChI is InChI=1S/C30H51N3O4S/c1-20(2)15-16-22(4)33(27(35)24(17-18-38-11)31-28(36)37-30(8,9)10)25(26(34)32-29(5,6)7)23-14-12-13-21(3)19-23/h12-14,19-20,22,24-25H,15-18H2,1-11H3,(H,31,36)(H,32,34). The number of aryl methyl sites for hydroxylation is 1. The first-order valence-electron chi connectivity index (χ1n) is 13.6. The van der Waals surface area contributed by atoms with Crippen molar-refractivity contribution in [2.75, 3.05) is 12.0 Å². The van der Waals surface area contributed by atoms with Crippen molar-refractivity contribution in [2.45, 2.75) is 118 Å². The Bertz CT molecular complexity index is 921. The summed E-state index contributed by atoms with van der Waals surface area (Å²) in [5, 5.41) is 5.91. The maximum absolute atomic E-state index is 14.4. The number of carbonyl (C=O) groups excluding carboxylic acids is 3. The second-order valence-electron chi connectivity index (χ2n) is 12.6. The van der Waals surface area contributed by atoms with E-state index in [1.54, 1.807) is 37.4 Å². The van der Waals surface area contributed by atoms with E-state index >= 15 is 0 Å². The number of hydrogen-bond acceptors (Lipinski definition) is 5. The summed E-state index contributed by atoms with van der Waals surface area (Å²) in [5.74, 6) is 0.594. The van der Waals surface area contributed by atoms with Crippen LogP contribution >= 0.6 is 11.8 Å². The topological polar surface area (TPSA) is 87.7 Å². The van der Waals surface area contributed by atoms with Gasteiger partial charge in [-0.15, -0.1) is 0 Å². The van der Waals surface area contributed by atoms with Gasteiger partial charge in [0.1, 0.15) is 17.7 Å². The van der Waals surface area contributed by atoms with Crippen LogP contribution in [0.1, 0.15) is 98.7 Å². The van der Waals surface area contributed by atoms with E-state index in [9.17, 15) is 14.4 Å². The minimum atomic E-state index is -0.846. The van der Waals surface area contributed by atoms with Crippen LogP contribution in [-0.4, -0.2) is 58.0 Å². The van der Waals surface area contributed by atoms with Gasteiger partial charge in [0.25, 0.3) is 0 Å². The van der Waals surface area contributed by atoms with Gasteiger partial charge in [-0.3, -0.25) is 9.59 Å². The molecule has 8 heteroatoms. The number of ether oxygens (including phenoxy) is 1. The lowest BCUT2D eigenvalue weighted by molar-refractivity contribution is -0.145. The summed E-state index contributed by atoms with van der Waals surface area (Å²) in [6.07, 6.45) is 3.38. The summed E-state index contributed by atoms with van der Waals surface area (Å²) in [5.41, 5.74) is 0.571. The van der Waals surface area contributed by atoms with Gasteiger partial charge in [-0.2, -0.15) is 11.8 Å². The molecular weight excluding hydrogens is 498 g/mol. The van der Waals surface area contributed by atoms with Gasteiger partial charge >= 0.3 is 6.09 Å². The van der Waals surface area contributed by atoms with Gasteiger partial charge in [0.15, 0.2) is 0 Å². The lowest BCUT2D eigenvalue weighted by Gasteiger charge is -2.40. The Kier molecular flexibility index (Phi) is 13.2. The van der Waals surface area contributed by atoms with E-state index in [-0.39, 0.29) is 17.9 Å². The summed E-state index contributed by atoms with van der Waals surface area (Å²) in [6.45, 7) is 19.4. The minimum absolute atomic E-state index is 0.238. The highest BCUT2D eigenvalue weighted by Crippen LogP contribution is 2.29. The normalized spacial score (nSPS) is 14.4. The Hall–Kier alpha value is -2.22. The van der Waals surface area contributed by atoms with E-state index in [1.807, 2.05) is 65.1 Å². The number of carbonyl (C=O) groups is 3. The number of hydrogen-bond donors (Lipinski definition) is 2. The van der Waals surface area contributed by atoms with Crippen molar-refractivity contribution in [3.63, 3.8) is 0 Å². The minimum Gasteiger partial charge on any atom is -0.444 e. The van der Waals surface area contributed by atoms with Crippen LogP contribution in [0, 0.1) is 12.8 Å². The Morgan fingerprint density at radius 3 is 2.13 bits per heavy atom. The molecule has 216 valence electrons. The quantitative estimate of drug-likeness (QED) is 0.322. The highest BCUT2D eigenvalue weighted by molar-refractivity contribution is 7.98. The zero-order valence-corrected chi connectivity index (χ0v) is 26.3. The van der Waals surface area contributed by atoms with Crippen molar-refractivity contribution in [1.29, 1.82) is 0 Å². The van der Waals surface area contributed by atoms with E-state index in [4.69, 9.17) is 4.74 Å². The molecule has 3 atom stereocenters. The molecule has 3 unspecified atom stereocenters. The summed E-state index contributed by atoms with van der Waals surface area (Å²) >= 11 is 1.60. The molecular formula is C30H51N3O4S. The fourth-order valence-corrected chi connectivity index (χ4v) is 4.62. The highest BCUT2D eigenvalue weighted by atomic mass is 32.2. The molecule has 7 nitrogen and oxygen atoms in total. The summed E-state index contributed by atoms with van der Waals surface area (Å²) in [6, 6.07) is 5.83. The summed E-state index contributed by atoms with van der Waals surface area (Å²) in [4.78, 5) is 42.7. The smallest absolute Gasteiger partial charge is 0.408 e. The second-order valence-corrected chi connectivity index (χ2v) is 13.6. The SMILES string of the molecule is CSCCC(NC(=O)OC(C)(C)C)C(=O)N(C(C)CCC(C)C)C(C(=O)NC(C)(C)C)c1cccc(C)c1. The van der Waals surface area contributed by atoms with Gasteiger partial charge in [-0.1, -0.05) is 43.7 Å². The molecule has 1 aromatic carbocycles. The molecule has 3 amide bonds. The number of nitrogens with one attached hydrogen (secondary N) is 2. The molecule has 0 saturated carbocycles. The number of alkyl carbamates (subject to hydrolysis) is 1. The lowest BCUT2D eigenvalue weighted by atomic mass is 9.95. The molecule has 0 aliphatic heterocycles. The third kappa shape index (κ3) is 12.1. The first-order valence-corrected chi connectivity index (χ1v) is 15.0. The Labute approximate surface area is 235 Å². The van der Waals surface area contributed by atoms with Gasteiger partial charge in [-0.05, 0) is 98.1 Å². The highest BCUT2D eigenvalue weighted by Gasteiger charge is 2.39. The van der Waals surface area contributed by atoms with Crippen molar-refractivity contribution >= 4 is 29.7 Å². The number of thioether (sulfide) groups is 1. The molecule has 0 spiro atoms. The first kappa shape index (κ1) is 33.8. The molecule has 0 bridgehead atoms. The summed E-state index contributed by atoms with van der Waals surface area (Å²) < 4.78 is 5.48. The molecule has 0 aliphatic rings. The molecule has 0 fully saturated rings. The van der Waals surface area contributed by atoms with Crippen LogP contribution in [-0.2, 0) is 14.3 Å². The number of nitrogens with zero attached hydrogens (tertiary/aromatic N) is 1. The third-order valence-corrected chi connectivity index (χ3v) is 6.52. The van der Waals surface area contributed by atoms with Gasteiger partial charge in [0, 0.05) is 11.6 Å². The van der Waals surface area contributed by atoms with E-state index < -0.39 is 29.3 Å². The van der Waals surface area contributed by atoms with Crippen LogP contribution in [0.2, 0.25) is 0 Å². The average molecular weight is 550 g/mol. The molecule has 0 aromatic heterocycles. The molecule has 2 N–H and O–H groups in total. The fourth-order valence-electron chi connectivity index (χ4n) is 4.15. The fraction of sp³-hybridized carbons (Fsp3) is 0.700. The third-order valence-electron chi connectivity index (χ3n) is 5.87. The molecule has 0 radical (unpaired) electrons. The second kappa shape index (κ2) is 14.8. The van der Waals surface area contributed by atoms with Crippen molar-refractivity contribution in [3.05, 3.63) is 35.4 Å². The van der Waals surface area contributed by atoms with Crippen LogP contribution in [0.25, 0.3) is 0 Å². The van der Waals surface area contributed by atoms with Gasteiger partial charge in [0.2, 0.25) is 11.8 Å². The predicted molar refractivity (Wildman–Crippen MR) is 158 cm³/mol. The van der Waals surface area contributed by atoms with Crippen LogP contribution < -0.4 is 10.6 Å². The van der Waals surface area contributed by atoms with Gasteiger partial charge in [-0.25, -0.2) is 4.79 Å². The molecule has 38 heavy (non-hydrogen) atoms. The Balaban J connectivity index is 3.63. The van der Waals surface area contributed by atoms with Crippen molar-refractivity contribution < 1.29 is 19.1 Å². The first-order chi connectivity index (χ1) is 17.4. The van der Waals surface area contributed by atoms with E-state index in [1.165, 1.54) is 0 Å². The molecule has 1 aromatic rings. The van der Waals surface area contributed by atoms with Crippen molar-refractivity contribution in [2.24, 2.45) is 5.92 Å². The van der Waals surface area contributed by atoms with Crippen LogP contribution in [0.5, 0.6) is 0 Å². The maximum Gasteiger partial charge on any atom is 0.408 e. The van der Waals surface area contributed by atoms with Crippen molar-refractivity contribution in [1.82, 2.24) is 15.5 Å². The van der Waals surface area contributed by atoms with Crippen molar-refractivity contribution in [3.8, 4) is 0 Å². The maximum atomic E-state index is 14.4. The van der Waals surface area contributed by atoms with Gasteiger partial charge < -0.3 is 20.3 Å². The average Bonchev–Trinajstić information content (AvgIpc) is 2.75. The van der Waals surface area contributed by atoms with E-state index in [2.05, 4.69) is 24.5 Å². The van der Waals surface area contributed by atoms with E-state index in [0.717, 1.165) is 24.0 Å².